The average molecular weight is 349 g/mol. The van der Waals surface area contributed by atoms with Gasteiger partial charge in [0.15, 0.2) is 0 Å². The Morgan fingerprint density at radius 2 is 1.92 bits per heavy atom. The van der Waals surface area contributed by atoms with Gasteiger partial charge in [0.1, 0.15) is 0 Å². The summed E-state index contributed by atoms with van der Waals surface area (Å²) in [5.74, 6) is 0.414. The molecule has 26 heavy (non-hydrogen) atoms. The quantitative estimate of drug-likeness (QED) is 0.709. The van der Waals surface area contributed by atoms with Crippen molar-refractivity contribution >= 4 is 21.8 Å². The molecule has 3 heteroatoms. The molecule has 2 N–H and O–H groups in total. The van der Waals surface area contributed by atoms with Gasteiger partial charge < -0.3 is 14.8 Å². The number of aromatic amines is 1. The fourth-order valence-corrected chi connectivity index (χ4v) is 5.72. The van der Waals surface area contributed by atoms with Crippen molar-refractivity contribution in [2.45, 2.75) is 51.2 Å². The molecular formula is C23H27NO2. The Kier molecular flexibility index (Phi) is 3.51. The minimum atomic E-state index is -0.0990. The first-order valence-electron chi connectivity index (χ1n) is 9.81. The van der Waals surface area contributed by atoms with E-state index in [1.807, 2.05) is 0 Å². The van der Waals surface area contributed by atoms with Crippen LogP contribution in [-0.2, 0) is 11.2 Å². The van der Waals surface area contributed by atoms with Crippen molar-refractivity contribution in [2.75, 3.05) is 6.61 Å². The van der Waals surface area contributed by atoms with Crippen LogP contribution in [0.2, 0.25) is 0 Å². The van der Waals surface area contributed by atoms with Crippen LogP contribution in [0.3, 0.4) is 0 Å². The van der Waals surface area contributed by atoms with Crippen molar-refractivity contribution in [3.8, 4) is 0 Å². The number of hydrogen-bond donors (Lipinski definition) is 2. The highest BCUT2D eigenvalue weighted by Crippen LogP contribution is 2.59. The van der Waals surface area contributed by atoms with Gasteiger partial charge in [-0.2, -0.15) is 0 Å². The largest absolute Gasteiger partial charge is 0.396 e. The number of hydrogen-bond acceptors (Lipinski definition) is 2. The average Bonchev–Trinajstić information content (AvgIpc) is 3.27. The normalized spacial score (nSPS) is 33.5. The van der Waals surface area contributed by atoms with Crippen LogP contribution in [0, 0.1) is 11.3 Å². The zero-order valence-electron chi connectivity index (χ0n) is 15.6. The van der Waals surface area contributed by atoms with E-state index in [0.717, 1.165) is 25.7 Å². The molecule has 3 nitrogen and oxygen atoms in total. The molecule has 4 atom stereocenters. The van der Waals surface area contributed by atoms with Crippen molar-refractivity contribution in [1.82, 2.24) is 4.98 Å². The van der Waals surface area contributed by atoms with E-state index < -0.39 is 0 Å². The minimum absolute atomic E-state index is 0.0621. The predicted molar refractivity (Wildman–Crippen MR) is 105 cm³/mol. The number of ether oxygens (including phenoxy) is 1. The molecular weight excluding hydrogens is 322 g/mol. The van der Waals surface area contributed by atoms with E-state index in [9.17, 15) is 5.11 Å². The molecule has 5 rings (SSSR count). The summed E-state index contributed by atoms with van der Waals surface area (Å²) in [5.41, 5.74) is 3.60. The summed E-state index contributed by atoms with van der Waals surface area (Å²) in [7, 11) is 0. The molecule has 0 aliphatic carbocycles. The lowest BCUT2D eigenvalue weighted by atomic mass is 9.62. The lowest BCUT2D eigenvalue weighted by Gasteiger charge is -2.40. The zero-order chi connectivity index (χ0) is 17.9. The van der Waals surface area contributed by atoms with Gasteiger partial charge in [-0.15, -0.1) is 0 Å². The molecule has 3 heterocycles. The Balaban J connectivity index is 1.42. The van der Waals surface area contributed by atoms with Gasteiger partial charge in [-0.1, -0.05) is 37.3 Å². The number of fused-ring (bicyclic) bond motifs is 5. The maximum absolute atomic E-state index is 10.1. The fourth-order valence-electron chi connectivity index (χ4n) is 5.72. The van der Waals surface area contributed by atoms with E-state index in [1.54, 1.807) is 0 Å². The summed E-state index contributed by atoms with van der Waals surface area (Å²) in [4.78, 5) is 3.54. The molecule has 2 fully saturated rings. The Bertz CT molecular complexity index is 977. The van der Waals surface area contributed by atoms with Crippen LogP contribution in [0.4, 0.5) is 0 Å². The van der Waals surface area contributed by atoms with Crippen LogP contribution in [0.1, 0.15) is 38.7 Å². The Labute approximate surface area is 154 Å². The van der Waals surface area contributed by atoms with Crippen molar-refractivity contribution in [1.29, 1.82) is 0 Å². The van der Waals surface area contributed by atoms with Gasteiger partial charge in [0.05, 0.1) is 18.3 Å². The van der Waals surface area contributed by atoms with Crippen LogP contribution < -0.4 is 0 Å². The number of rotatable bonds is 4. The van der Waals surface area contributed by atoms with E-state index >= 15 is 0 Å². The molecule has 2 aromatic carbocycles. The van der Waals surface area contributed by atoms with Gasteiger partial charge in [0.25, 0.3) is 0 Å². The number of benzene rings is 2. The maximum atomic E-state index is 10.1. The van der Waals surface area contributed by atoms with E-state index in [0.29, 0.717) is 5.92 Å². The third-order valence-corrected chi connectivity index (χ3v) is 7.22. The zero-order valence-corrected chi connectivity index (χ0v) is 15.6. The highest BCUT2D eigenvalue weighted by molar-refractivity contribution is 6.07. The third-order valence-electron chi connectivity index (χ3n) is 7.22. The van der Waals surface area contributed by atoms with Crippen molar-refractivity contribution < 1.29 is 9.84 Å². The third kappa shape index (κ3) is 2.20. The fraction of sp³-hybridized carbons (Fsp3) is 0.478. The van der Waals surface area contributed by atoms with Crippen LogP contribution in [0.25, 0.3) is 21.8 Å². The molecule has 3 aromatic rings. The summed E-state index contributed by atoms with van der Waals surface area (Å²) >= 11 is 0. The molecule has 0 amide bonds. The van der Waals surface area contributed by atoms with Crippen LogP contribution >= 0.6 is 0 Å². The molecule has 1 aromatic heterocycles. The van der Waals surface area contributed by atoms with Crippen molar-refractivity contribution in [3.63, 3.8) is 0 Å². The Morgan fingerprint density at radius 1 is 1.12 bits per heavy atom. The van der Waals surface area contributed by atoms with E-state index in [1.165, 1.54) is 27.4 Å². The maximum Gasteiger partial charge on any atom is 0.0694 e. The number of para-hydroxylation sites is 1. The highest BCUT2D eigenvalue weighted by Gasteiger charge is 2.62. The predicted octanol–water partition coefficient (Wildman–Crippen LogP) is 4.82. The lowest BCUT2D eigenvalue weighted by molar-refractivity contribution is 0.00286. The van der Waals surface area contributed by atoms with Gasteiger partial charge in [-0.3, -0.25) is 0 Å². The number of aromatic nitrogens is 1. The summed E-state index contributed by atoms with van der Waals surface area (Å²) in [6, 6.07) is 15.3. The second kappa shape index (κ2) is 5.58. The molecule has 2 bridgehead atoms. The minimum Gasteiger partial charge on any atom is -0.396 e. The SMILES string of the molecule is C[C@]1(CO)[C@@H]2CC[C@@](C)(O2)[C@H]1CCc1ccc2c(c1)[nH]c1ccccc12. The van der Waals surface area contributed by atoms with Crippen molar-refractivity contribution in [2.24, 2.45) is 11.3 Å². The number of nitrogens with one attached hydrogen (secondary N) is 1. The first-order chi connectivity index (χ1) is 12.5. The molecule has 2 aliphatic heterocycles. The second-order valence-electron chi connectivity index (χ2n) is 8.76. The second-order valence-corrected chi connectivity index (χ2v) is 8.76. The molecule has 0 saturated carbocycles. The Morgan fingerprint density at radius 3 is 2.77 bits per heavy atom. The van der Waals surface area contributed by atoms with Gasteiger partial charge >= 0.3 is 0 Å². The van der Waals surface area contributed by atoms with Gasteiger partial charge in [0.2, 0.25) is 0 Å². The highest BCUT2D eigenvalue weighted by atomic mass is 16.5. The monoisotopic (exact) mass is 349 g/mol. The standard InChI is InChI=1S/C23H27NO2/c1-22(14-25)20(23(2)12-11-21(22)26-23)10-8-15-7-9-17-16-5-3-4-6-18(16)24-19(17)13-15/h3-7,9,13,20-21,24-25H,8,10-12,14H2,1-2H3/t20-,21-,22+,23+/m0/s1. The summed E-state index contributed by atoms with van der Waals surface area (Å²) < 4.78 is 6.31. The van der Waals surface area contributed by atoms with Crippen LogP contribution in [-0.4, -0.2) is 28.4 Å². The number of aliphatic hydroxyl groups is 1. The van der Waals surface area contributed by atoms with Gasteiger partial charge in [-0.25, -0.2) is 0 Å². The molecule has 2 aliphatic rings. The smallest absolute Gasteiger partial charge is 0.0694 e. The summed E-state index contributed by atoms with van der Waals surface area (Å²) in [6.07, 6.45) is 4.52. The van der Waals surface area contributed by atoms with Crippen molar-refractivity contribution in [3.05, 3.63) is 48.0 Å². The van der Waals surface area contributed by atoms with E-state index in [4.69, 9.17) is 4.74 Å². The Hall–Kier alpha value is -1.84. The number of aliphatic hydroxyl groups excluding tert-OH is 1. The molecule has 136 valence electrons. The van der Waals surface area contributed by atoms with Crippen LogP contribution in [0.15, 0.2) is 42.5 Å². The topological polar surface area (TPSA) is 45.2 Å². The first kappa shape index (κ1) is 16.3. The molecule has 0 unspecified atom stereocenters. The molecule has 0 radical (unpaired) electrons. The summed E-state index contributed by atoms with van der Waals surface area (Å²) in [6.45, 7) is 4.69. The molecule has 2 saturated heterocycles. The first-order valence-corrected chi connectivity index (χ1v) is 9.81. The van der Waals surface area contributed by atoms with Gasteiger partial charge in [0, 0.05) is 27.2 Å². The number of aryl methyl sites for hydroxylation is 1. The summed E-state index contributed by atoms with van der Waals surface area (Å²) in [5, 5.41) is 12.6. The van der Waals surface area contributed by atoms with E-state index in [-0.39, 0.29) is 23.7 Å². The van der Waals surface area contributed by atoms with E-state index in [2.05, 4.69) is 61.3 Å². The molecule has 0 spiro atoms. The van der Waals surface area contributed by atoms with Gasteiger partial charge in [-0.05, 0) is 56.2 Å². The van der Waals surface area contributed by atoms with Crippen LogP contribution in [0.5, 0.6) is 0 Å². The number of H-pyrrole nitrogens is 1. The lowest BCUT2D eigenvalue weighted by Crippen LogP contribution is -2.44.